The second kappa shape index (κ2) is 7.26. The van der Waals surface area contributed by atoms with Crippen LogP contribution in [0.3, 0.4) is 0 Å². The Balaban J connectivity index is 2.43. The van der Waals surface area contributed by atoms with Gasteiger partial charge < -0.3 is 14.8 Å². The van der Waals surface area contributed by atoms with Gasteiger partial charge >= 0.3 is 0 Å². The molecular formula is C9H19N5O2. The minimum atomic E-state index is 0.138. The molecule has 0 fully saturated rings. The quantitative estimate of drug-likeness (QED) is 0.612. The molecule has 1 aromatic rings. The van der Waals surface area contributed by atoms with Crippen molar-refractivity contribution >= 4 is 0 Å². The maximum atomic E-state index is 5.07. The number of rotatable bonds is 8. The van der Waals surface area contributed by atoms with Gasteiger partial charge in [-0.05, 0) is 17.4 Å². The van der Waals surface area contributed by atoms with E-state index in [1.807, 2.05) is 6.92 Å². The summed E-state index contributed by atoms with van der Waals surface area (Å²) >= 11 is 0. The van der Waals surface area contributed by atoms with Crippen molar-refractivity contribution in [3.63, 3.8) is 0 Å². The Morgan fingerprint density at radius 3 is 2.88 bits per heavy atom. The number of aromatic nitrogens is 4. The first-order chi connectivity index (χ1) is 7.79. The monoisotopic (exact) mass is 229 g/mol. The van der Waals surface area contributed by atoms with Crippen molar-refractivity contribution in [1.29, 1.82) is 0 Å². The molecule has 0 amide bonds. The van der Waals surface area contributed by atoms with Gasteiger partial charge in [-0.15, -0.1) is 5.10 Å². The molecule has 0 aliphatic carbocycles. The van der Waals surface area contributed by atoms with Crippen LogP contribution in [0.15, 0.2) is 0 Å². The van der Waals surface area contributed by atoms with Gasteiger partial charge in [0.2, 0.25) is 0 Å². The molecule has 0 aliphatic heterocycles. The zero-order valence-corrected chi connectivity index (χ0v) is 10.0. The molecule has 0 spiro atoms. The summed E-state index contributed by atoms with van der Waals surface area (Å²) in [4.78, 5) is 0. The van der Waals surface area contributed by atoms with Gasteiger partial charge in [-0.1, -0.05) is 0 Å². The Kier molecular flexibility index (Phi) is 5.91. The summed E-state index contributed by atoms with van der Waals surface area (Å²) in [6.45, 7) is 4.69. The maximum absolute atomic E-state index is 5.07. The third-order valence-electron chi connectivity index (χ3n) is 2.15. The molecule has 7 nitrogen and oxygen atoms in total. The Hall–Kier alpha value is -1.05. The smallest absolute Gasteiger partial charge is 0.165 e. The Bertz CT molecular complexity index is 291. The zero-order chi connectivity index (χ0) is 11.8. The Labute approximate surface area is 95.1 Å². The normalized spacial score (nSPS) is 12.9. The van der Waals surface area contributed by atoms with E-state index >= 15 is 0 Å². The standard InChI is InChI=1S/C9H19N5O2/c1-8(7-16-3)14-9(11-12-13-14)6-10-4-5-15-2/h8,10H,4-7H2,1-3H3. The van der Waals surface area contributed by atoms with E-state index in [4.69, 9.17) is 9.47 Å². The molecule has 0 saturated heterocycles. The first kappa shape index (κ1) is 13.0. The SMILES string of the molecule is COCCNCc1nnnn1C(C)COC. The topological polar surface area (TPSA) is 74.1 Å². The van der Waals surface area contributed by atoms with E-state index in [0.717, 1.165) is 12.4 Å². The van der Waals surface area contributed by atoms with Gasteiger partial charge in [0.25, 0.3) is 0 Å². The van der Waals surface area contributed by atoms with E-state index in [9.17, 15) is 0 Å². The number of methoxy groups -OCH3 is 2. The number of hydrogen-bond donors (Lipinski definition) is 1. The molecule has 1 N–H and O–H groups in total. The van der Waals surface area contributed by atoms with Crippen LogP contribution in [-0.2, 0) is 16.0 Å². The van der Waals surface area contributed by atoms with Crippen LogP contribution in [0.4, 0.5) is 0 Å². The molecule has 1 atom stereocenters. The van der Waals surface area contributed by atoms with Gasteiger partial charge in [-0.25, -0.2) is 4.68 Å². The van der Waals surface area contributed by atoms with E-state index in [1.165, 1.54) is 0 Å². The highest BCUT2D eigenvalue weighted by Crippen LogP contribution is 2.05. The minimum absolute atomic E-state index is 0.138. The fourth-order valence-corrected chi connectivity index (χ4v) is 1.36. The van der Waals surface area contributed by atoms with Crippen LogP contribution in [-0.4, -0.2) is 54.2 Å². The largest absolute Gasteiger partial charge is 0.383 e. The van der Waals surface area contributed by atoms with Gasteiger partial charge in [-0.3, -0.25) is 0 Å². The highest BCUT2D eigenvalue weighted by atomic mass is 16.5. The predicted molar refractivity (Wildman–Crippen MR) is 58.0 cm³/mol. The van der Waals surface area contributed by atoms with Crippen LogP contribution in [0, 0.1) is 0 Å². The van der Waals surface area contributed by atoms with Gasteiger partial charge in [0, 0.05) is 20.8 Å². The lowest BCUT2D eigenvalue weighted by atomic mass is 10.3. The Morgan fingerprint density at radius 1 is 1.38 bits per heavy atom. The molecule has 1 heterocycles. The van der Waals surface area contributed by atoms with Crippen molar-refractivity contribution in [3.05, 3.63) is 5.82 Å². The first-order valence-electron chi connectivity index (χ1n) is 5.25. The van der Waals surface area contributed by atoms with Crippen LogP contribution < -0.4 is 5.32 Å². The zero-order valence-electron chi connectivity index (χ0n) is 10.0. The second-order valence-corrected chi connectivity index (χ2v) is 3.51. The predicted octanol–water partition coefficient (Wildman–Crippen LogP) is -0.383. The molecule has 1 aromatic heterocycles. The molecular weight excluding hydrogens is 210 g/mol. The van der Waals surface area contributed by atoms with Crippen LogP contribution in [0.5, 0.6) is 0 Å². The minimum Gasteiger partial charge on any atom is -0.383 e. The number of nitrogens with zero attached hydrogens (tertiary/aromatic N) is 4. The van der Waals surface area contributed by atoms with Crippen LogP contribution >= 0.6 is 0 Å². The highest BCUT2D eigenvalue weighted by Gasteiger charge is 2.11. The van der Waals surface area contributed by atoms with Gasteiger partial charge in [0.15, 0.2) is 5.82 Å². The molecule has 0 aliphatic rings. The summed E-state index contributed by atoms with van der Waals surface area (Å²) in [5.74, 6) is 0.806. The Morgan fingerprint density at radius 2 is 2.19 bits per heavy atom. The second-order valence-electron chi connectivity index (χ2n) is 3.51. The van der Waals surface area contributed by atoms with E-state index in [2.05, 4.69) is 20.8 Å². The summed E-state index contributed by atoms with van der Waals surface area (Å²) in [5, 5.41) is 14.8. The van der Waals surface area contributed by atoms with Crippen molar-refractivity contribution in [3.8, 4) is 0 Å². The summed E-state index contributed by atoms with van der Waals surface area (Å²) in [6.07, 6.45) is 0. The van der Waals surface area contributed by atoms with Crippen molar-refractivity contribution in [1.82, 2.24) is 25.5 Å². The molecule has 7 heteroatoms. The van der Waals surface area contributed by atoms with Crippen LogP contribution in [0.2, 0.25) is 0 Å². The van der Waals surface area contributed by atoms with Gasteiger partial charge in [0.1, 0.15) is 0 Å². The van der Waals surface area contributed by atoms with Gasteiger partial charge in [-0.2, -0.15) is 0 Å². The van der Waals surface area contributed by atoms with Crippen molar-refractivity contribution < 1.29 is 9.47 Å². The first-order valence-corrected chi connectivity index (χ1v) is 5.25. The van der Waals surface area contributed by atoms with Crippen LogP contribution in [0.1, 0.15) is 18.8 Å². The lowest BCUT2D eigenvalue weighted by Gasteiger charge is -2.12. The molecule has 16 heavy (non-hydrogen) atoms. The number of hydrogen-bond acceptors (Lipinski definition) is 6. The lowest BCUT2D eigenvalue weighted by molar-refractivity contribution is 0.154. The van der Waals surface area contributed by atoms with Gasteiger partial charge in [0.05, 0.1) is 25.8 Å². The van der Waals surface area contributed by atoms with Crippen molar-refractivity contribution in [2.75, 3.05) is 34.0 Å². The molecule has 0 aromatic carbocycles. The molecule has 0 bridgehead atoms. The van der Waals surface area contributed by atoms with E-state index < -0.39 is 0 Å². The molecule has 92 valence electrons. The van der Waals surface area contributed by atoms with Crippen molar-refractivity contribution in [2.45, 2.75) is 19.5 Å². The summed E-state index contributed by atoms with van der Waals surface area (Å²) < 4.78 is 11.8. The van der Waals surface area contributed by atoms with Crippen LogP contribution in [0.25, 0.3) is 0 Å². The average Bonchev–Trinajstić information content (AvgIpc) is 2.73. The number of ether oxygens (including phenoxy) is 2. The molecule has 0 saturated carbocycles. The summed E-state index contributed by atoms with van der Waals surface area (Å²) in [7, 11) is 3.34. The third-order valence-corrected chi connectivity index (χ3v) is 2.15. The van der Waals surface area contributed by atoms with Crippen molar-refractivity contribution in [2.24, 2.45) is 0 Å². The van der Waals surface area contributed by atoms with E-state index in [1.54, 1.807) is 18.9 Å². The lowest BCUT2D eigenvalue weighted by Crippen LogP contribution is -2.23. The molecule has 1 unspecified atom stereocenters. The fourth-order valence-electron chi connectivity index (χ4n) is 1.36. The van der Waals surface area contributed by atoms with E-state index in [0.29, 0.717) is 19.8 Å². The third kappa shape index (κ3) is 3.84. The number of tetrazole rings is 1. The fraction of sp³-hybridized carbons (Fsp3) is 0.889. The van der Waals surface area contributed by atoms with E-state index in [-0.39, 0.29) is 6.04 Å². The summed E-state index contributed by atoms with van der Waals surface area (Å²) in [5.41, 5.74) is 0. The average molecular weight is 229 g/mol. The number of nitrogens with one attached hydrogen (secondary N) is 1. The summed E-state index contributed by atoms with van der Waals surface area (Å²) in [6, 6.07) is 0.138. The highest BCUT2D eigenvalue weighted by molar-refractivity contribution is 4.82. The molecule has 1 rings (SSSR count). The maximum Gasteiger partial charge on any atom is 0.165 e. The molecule has 0 radical (unpaired) electrons.